The van der Waals surface area contributed by atoms with Crippen LogP contribution in [0.1, 0.15) is 20.8 Å². The van der Waals surface area contributed by atoms with Gasteiger partial charge in [0.15, 0.2) is 6.29 Å². The Kier molecular flexibility index (Phi) is 3.70. The minimum Gasteiger partial charge on any atom is -0.460 e. The molecule has 0 bridgehead atoms. The van der Waals surface area contributed by atoms with Crippen LogP contribution in [0, 0.1) is 11.8 Å². The third kappa shape index (κ3) is 3.44. The largest absolute Gasteiger partial charge is 0.460 e. The van der Waals surface area contributed by atoms with Crippen LogP contribution in [0.25, 0.3) is 0 Å². The summed E-state index contributed by atoms with van der Waals surface area (Å²) < 4.78 is 5.20. The van der Waals surface area contributed by atoms with Crippen LogP contribution in [0.4, 0.5) is 0 Å². The molecular formula is C10H19NO4. The molecule has 5 heteroatoms. The Hall–Kier alpha value is -0.650. The number of carbonyl (C=O) groups excluding carboxylic acids is 1. The molecular weight excluding hydrogens is 198 g/mol. The number of esters is 1. The van der Waals surface area contributed by atoms with Crippen LogP contribution in [0.2, 0.25) is 0 Å². The van der Waals surface area contributed by atoms with Gasteiger partial charge in [0.25, 0.3) is 0 Å². The van der Waals surface area contributed by atoms with Gasteiger partial charge in [-0.1, -0.05) is 0 Å². The first-order valence-electron chi connectivity index (χ1n) is 5.11. The molecule has 0 saturated carbocycles. The van der Waals surface area contributed by atoms with Gasteiger partial charge in [-0.25, -0.2) is 0 Å². The summed E-state index contributed by atoms with van der Waals surface area (Å²) in [4.78, 5) is 11.7. The molecule has 1 heterocycles. The molecule has 0 aromatic rings. The Morgan fingerprint density at radius 2 is 2.00 bits per heavy atom. The maximum absolute atomic E-state index is 11.7. The van der Waals surface area contributed by atoms with Crippen LogP contribution in [0.3, 0.4) is 0 Å². The summed E-state index contributed by atoms with van der Waals surface area (Å²) in [5.41, 5.74) is -0.537. The van der Waals surface area contributed by atoms with Gasteiger partial charge in [-0.2, -0.15) is 0 Å². The van der Waals surface area contributed by atoms with Gasteiger partial charge in [0.05, 0.1) is 5.92 Å². The lowest BCUT2D eigenvalue weighted by molar-refractivity contribution is -0.167. The molecule has 1 aliphatic rings. The lowest BCUT2D eigenvalue weighted by Crippen LogP contribution is -2.36. The van der Waals surface area contributed by atoms with E-state index in [1.54, 1.807) is 20.8 Å². The highest BCUT2D eigenvalue weighted by atomic mass is 16.6. The smallest absolute Gasteiger partial charge is 0.311 e. The fraction of sp³-hybridized carbons (Fsp3) is 0.900. The molecule has 0 aromatic heterocycles. The van der Waals surface area contributed by atoms with Gasteiger partial charge in [0.1, 0.15) is 5.60 Å². The van der Waals surface area contributed by atoms with Crippen LogP contribution in [-0.2, 0) is 9.53 Å². The van der Waals surface area contributed by atoms with Crippen LogP contribution >= 0.6 is 0 Å². The lowest BCUT2D eigenvalue weighted by Gasteiger charge is -2.25. The lowest BCUT2D eigenvalue weighted by atomic mass is 9.95. The fourth-order valence-electron chi connectivity index (χ4n) is 1.65. The van der Waals surface area contributed by atoms with Crippen molar-refractivity contribution in [2.75, 3.05) is 13.1 Å². The molecule has 1 rings (SSSR count). The maximum atomic E-state index is 11.7. The monoisotopic (exact) mass is 217 g/mol. The van der Waals surface area contributed by atoms with E-state index < -0.39 is 23.7 Å². The van der Waals surface area contributed by atoms with Crippen LogP contribution in [0.15, 0.2) is 0 Å². The zero-order chi connectivity index (χ0) is 11.6. The average Bonchev–Trinajstić information content (AvgIpc) is 2.47. The predicted octanol–water partition coefficient (Wildman–Crippen LogP) is -0.526. The van der Waals surface area contributed by atoms with E-state index >= 15 is 0 Å². The van der Waals surface area contributed by atoms with Gasteiger partial charge >= 0.3 is 5.97 Å². The quantitative estimate of drug-likeness (QED) is 0.428. The minimum absolute atomic E-state index is 0.370. The topological polar surface area (TPSA) is 78.8 Å². The molecule has 0 aliphatic carbocycles. The van der Waals surface area contributed by atoms with E-state index in [1.807, 2.05) is 0 Å². The van der Waals surface area contributed by atoms with Crippen molar-refractivity contribution in [1.29, 1.82) is 0 Å². The number of carbonyl (C=O) groups is 1. The Morgan fingerprint density at radius 3 is 2.47 bits per heavy atom. The highest BCUT2D eigenvalue weighted by Gasteiger charge is 2.39. The standard InChI is InChI=1S/C10H19NO4/c1-10(2,3)15-9(14)7-5-11-4-6(7)8(12)13/h6-8,11-13H,4-5H2,1-3H3. The van der Waals surface area contributed by atoms with Crippen molar-refractivity contribution in [1.82, 2.24) is 5.32 Å². The zero-order valence-corrected chi connectivity index (χ0v) is 9.36. The van der Waals surface area contributed by atoms with Crippen molar-refractivity contribution in [3.8, 4) is 0 Å². The molecule has 2 unspecified atom stereocenters. The number of ether oxygens (including phenoxy) is 1. The van der Waals surface area contributed by atoms with Gasteiger partial charge in [-0.05, 0) is 20.8 Å². The molecule has 0 radical (unpaired) electrons. The second-order valence-corrected chi connectivity index (χ2v) is 4.88. The SMILES string of the molecule is CC(C)(C)OC(=O)C1CNCC1C(O)O. The maximum Gasteiger partial charge on any atom is 0.311 e. The van der Waals surface area contributed by atoms with E-state index in [2.05, 4.69) is 5.32 Å². The Bertz CT molecular complexity index is 234. The normalized spacial score (nSPS) is 27.1. The minimum atomic E-state index is -1.47. The molecule has 0 amide bonds. The number of hydrogen-bond donors (Lipinski definition) is 3. The highest BCUT2D eigenvalue weighted by molar-refractivity contribution is 5.74. The highest BCUT2D eigenvalue weighted by Crippen LogP contribution is 2.23. The van der Waals surface area contributed by atoms with Gasteiger partial charge < -0.3 is 20.3 Å². The summed E-state index contributed by atoms with van der Waals surface area (Å²) in [5, 5.41) is 21.1. The molecule has 5 nitrogen and oxygen atoms in total. The van der Waals surface area contributed by atoms with Crippen molar-refractivity contribution in [2.24, 2.45) is 11.8 Å². The van der Waals surface area contributed by atoms with Crippen LogP contribution in [-0.4, -0.2) is 41.2 Å². The molecule has 0 spiro atoms. The van der Waals surface area contributed by atoms with Gasteiger partial charge in [-0.15, -0.1) is 0 Å². The first kappa shape index (κ1) is 12.4. The number of hydrogen-bond acceptors (Lipinski definition) is 5. The summed E-state index contributed by atoms with van der Waals surface area (Å²) >= 11 is 0. The van der Waals surface area contributed by atoms with Crippen molar-refractivity contribution >= 4 is 5.97 Å². The number of aliphatic hydroxyl groups excluding tert-OH is 1. The Morgan fingerprint density at radius 1 is 1.40 bits per heavy atom. The predicted molar refractivity (Wildman–Crippen MR) is 53.9 cm³/mol. The van der Waals surface area contributed by atoms with Gasteiger partial charge in [-0.3, -0.25) is 4.79 Å². The molecule has 1 aliphatic heterocycles. The van der Waals surface area contributed by atoms with E-state index in [-0.39, 0.29) is 5.97 Å². The Balaban J connectivity index is 2.59. The molecule has 1 saturated heterocycles. The first-order valence-corrected chi connectivity index (χ1v) is 5.11. The second-order valence-electron chi connectivity index (χ2n) is 4.88. The Labute approximate surface area is 89.4 Å². The van der Waals surface area contributed by atoms with Crippen molar-refractivity contribution in [3.05, 3.63) is 0 Å². The summed E-state index contributed by atoms with van der Waals surface area (Å²) in [6.45, 7) is 6.24. The van der Waals surface area contributed by atoms with E-state index in [0.717, 1.165) is 0 Å². The summed E-state index contributed by atoms with van der Waals surface area (Å²) in [7, 11) is 0. The summed E-state index contributed by atoms with van der Waals surface area (Å²) in [6, 6.07) is 0. The first-order chi connectivity index (χ1) is 6.81. The number of nitrogens with one attached hydrogen (secondary N) is 1. The van der Waals surface area contributed by atoms with Crippen LogP contribution in [0.5, 0.6) is 0 Å². The van der Waals surface area contributed by atoms with E-state index in [0.29, 0.717) is 13.1 Å². The third-order valence-corrected chi connectivity index (χ3v) is 2.35. The molecule has 1 fully saturated rings. The summed E-state index contributed by atoms with van der Waals surface area (Å²) in [6.07, 6.45) is -1.47. The number of aliphatic hydroxyl groups is 2. The van der Waals surface area contributed by atoms with Crippen molar-refractivity contribution in [3.63, 3.8) is 0 Å². The summed E-state index contributed by atoms with van der Waals surface area (Å²) in [5.74, 6) is -1.31. The second kappa shape index (κ2) is 4.47. The molecule has 88 valence electrons. The number of rotatable bonds is 2. The van der Waals surface area contributed by atoms with E-state index in [1.165, 1.54) is 0 Å². The van der Waals surface area contributed by atoms with Gasteiger partial charge in [0, 0.05) is 19.0 Å². The third-order valence-electron chi connectivity index (χ3n) is 2.35. The van der Waals surface area contributed by atoms with Crippen molar-refractivity contribution < 1.29 is 19.7 Å². The van der Waals surface area contributed by atoms with E-state index in [9.17, 15) is 4.79 Å². The zero-order valence-electron chi connectivity index (χ0n) is 9.36. The fourth-order valence-corrected chi connectivity index (χ4v) is 1.65. The van der Waals surface area contributed by atoms with Crippen molar-refractivity contribution in [2.45, 2.75) is 32.7 Å². The van der Waals surface area contributed by atoms with Crippen LogP contribution < -0.4 is 5.32 Å². The molecule has 3 N–H and O–H groups in total. The average molecular weight is 217 g/mol. The van der Waals surface area contributed by atoms with Gasteiger partial charge in [0.2, 0.25) is 0 Å². The van der Waals surface area contributed by atoms with E-state index in [4.69, 9.17) is 14.9 Å². The molecule has 2 atom stereocenters. The molecule has 0 aromatic carbocycles. The molecule has 15 heavy (non-hydrogen) atoms.